The van der Waals surface area contributed by atoms with Gasteiger partial charge in [-0.25, -0.2) is 0 Å². The van der Waals surface area contributed by atoms with Gasteiger partial charge in [0.2, 0.25) is 0 Å². The minimum Gasteiger partial charge on any atom is -0.431 e. The summed E-state index contributed by atoms with van der Waals surface area (Å²) in [5, 5.41) is 0. The molecule has 0 atom stereocenters. The third-order valence-corrected chi connectivity index (χ3v) is 1.25. The first-order valence-corrected chi connectivity index (χ1v) is 3.33. The molecule has 2 heteroatoms. The molecule has 0 unspecified atom stereocenters. The standard InChI is InChI=1S/C8H10O2/c1-7(9)10-8-5-3-2-4-6-8/h2-3,5H,4,6H2,1H3. The van der Waals surface area contributed by atoms with Gasteiger partial charge in [0.15, 0.2) is 0 Å². The zero-order valence-electron chi connectivity index (χ0n) is 5.96. The lowest BCUT2D eigenvalue weighted by Crippen LogP contribution is -1.99. The highest BCUT2D eigenvalue weighted by Gasteiger charge is 2.01. The molecule has 1 aliphatic rings. The van der Waals surface area contributed by atoms with E-state index in [9.17, 15) is 4.79 Å². The number of rotatable bonds is 1. The number of ether oxygens (including phenoxy) is 1. The molecule has 0 heterocycles. The van der Waals surface area contributed by atoms with E-state index in [1.54, 1.807) is 0 Å². The van der Waals surface area contributed by atoms with Crippen molar-refractivity contribution >= 4 is 5.97 Å². The van der Waals surface area contributed by atoms with Gasteiger partial charge >= 0.3 is 5.97 Å². The van der Waals surface area contributed by atoms with Crippen LogP contribution in [0.4, 0.5) is 0 Å². The molecule has 1 rings (SSSR count). The van der Waals surface area contributed by atoms with Crippen LogP contribution in [0.5, 0.6) is 0 Å². The van der Waals surface area contributed by atoms with Gasteiger partial charge in [-0.3, -0.25) is 4.79 Å². The average molecular weight is 138 g/mol. The Morgan fingerprint density at radius 1 is 1.70 bits per heavy atom. The average Bonchev–Trinajstić information content (AvgIpc) is 1.88. The van der Waals surface area contributed by atoms with Crippen LogP contribution in [0.25, 0.3) is 0 Å². The Balaban J connectivity index is 2.47. The smallest absolute Gasteiger partial charge is 0.307 e. The number of hydrogen-bond acceptors (Lipinski definition) is 2. The largest absolute Gasteiger partial charge is 0.431 e. The zero-order chi connectivity index (χ0) is 7.40. The van der Waals surface area contributed by atoms with E-state index in [0.29, 0.717) is 0 Å². The summed E-state index contributed by atoms with van der Waals surface area (Å²) >= 11 is 0. The molecule has 0 aromatic carbocycles. The second-order valence-electron chi connectivity index (χ2n) is 2.19. The van der Waals surface area contributed by atoms with Crippen LogP contribution in [-0.2, 0) is 9.53 Å². The van der Waals surface area contributed by atoms with Crippen molar-refractivity contribution in [3.05, 3.63) is 24.0 Å². The van der Waals surface area contributed by atoms with Gasteiger partial charge in [0.1, 0.15) is 5.76 Å². The highest BCUT2D eigenvalue weighted by Crippen LogP contribution is 2.12. The van der Waals surface area contributed by atoms with E-state index in [1.165, 1.54) is 6.92 Å². The van der Waals surface area contributed by atoms with Crippen LogP contribution >= 0.6 is 0 Å². The summed E-state index contributed by atoms with van der Waals surface area (Å²) < 4.78 is 4.86. The van der Waals surface area contributed by atoms with Gasteiger partial charge in [0.05, 0.1) is 0 Å². The summed E-state index contributed by atoms with van der Waals surface area (Å²) in [5.41, 5.74) is 0. The second kappa shape index (κ2) is 3.20. The second-order valence-corrected chi connectivity index (χ2v) is 2.19. The van der Waals surface area contributed by atoms with E-state index in [1.807, 2.05) is 18.2 Å². The molecule has 0 bridgehead atoms. The molecule has 0 radical (unpaired) electrons. The molecule has 0 fully saturated rings. The van der Waals surface area contributed by atoms with E-state index in [-0.39, 0.29) is 5.97 Å². The predicted octanol–water partition coefficient (Wildman–Crippen LogP) is 1.78. The van der Waals surface area contributed by atoms with Gasteiger partial charge in [-0.15, -0.1) is 0 Å². The molecular formula is C8H10O2. The van der Waals surface area contributed by atoms with Gasteiger partial charge in [0.25, 0.3) is 0 Å². The van der Waals surface area contributed by atoms with Crippen molar-refractivity contribution in [2.75, 3.05) is 0 Å². The number of allylic oxidation sites excluding steroid dienone is 4. The molecule has 54 valence electrons. The Kier molecular flexibility index (Phi) is 2.26. The summed E-state index contributed by atoms with van der Waals surface area (Å²) in [5.74, 6) is 0.538. The molecular weight excluding hydrogens is 128 g/mol. The molecule has 0 N–H and O–H groups in total. The minimum atomic E-state index is -0.235. The van der Waals surface area contributed by atoms with Crippen molar-refractivity contribution in [1.29, 1.82) is 0 Å². The first kappa shape index (κ1) is 7.06. The van der Waals surface area contributed by atoms with Crippen molar-refractivity contribution in [1.82, 2.24) is 0 Å². The fourth-order valence-electron chi connectivity index (χ4n) is 0.850. The molecule has 0 saturated carbocycles. The van der Waals surface area contributed by atoms with Gasteiger partial charge < -0.3 is 4.74 Å². The van der Waals surface area contributed by atoms with Crippen LogP contribution in [0.15, 0.2) is 24.0 Å². The lowest BCUT2D eigenvalue weighted by atomic mass is 10.2. The van der Waals surface area contributed by atoms with Crippen molar-refractivity contribution in [2.24, 2.45) is 0 Å². The van der Waals surface area contributed by atoms with E-state index < -0.39 is 0 Å². The highest BCUT2D eigenvalue weighted by atomic mass is 16.5. The summed E-state index contributed by atoms with van der Waals surface area (Å²) in [6, 6.07) is 0. The molecule has 0 saturated heterocycles. The van der Waals surface area contributed by atoms with Gasteiger partial charge in [-0.05, 0) is 12.5 Å². The lowest BCUT2D eigenvalue weighted by Gasteiger charge is -2.06. The van der Waals surface area contributed by atoms with Crippen molar-refractivity contribution in [2.45, 2.75) is 19.8 Å². The monoisotopic (exact) mass is 138 g/mol. The van der Waals surface area contributed by atoms with E-state index >= 15 is 0 Å². The zero-order valence-corrected chi connectivity index (χ0v) is 5.96. The number of carbonyl (C=O) groups is 1. The highest BCUT2D eigenvalue weighted by molar-refractivity contribution is 5.67. The van der Waals surface area contributed by atoms with Gasteiger partial charge in [-0.2, -0.15) is 0 Å². The summed E-state index contributed by atoms with van der Waals surface area (Å²) in [6.45, 7) is 1.42. The molecule has 10 heavy (non-hydrogen) atoms. The number of esters is 1. The Labute approximate surface area is 60.2 Å². The van der Waals surface area contributed by atoms with Gasteiger partial charge in [-0.1, -0.05) is 12.2 Å². The number of hydrogen-bond donors (Lipinski definition) is 0. The predicted molar refractivity (Wildman–Crippen MR) is 38.2 cm³/mol. The molecule has 0 aromatic heterocycles. The number of carbonyl (C=O) groups excluding carboxylic acids is 1. The van der Waals surface area contributed by atoms with Crippen molar-refractivity contribution in [3.8, 4) is 0 Å². The summed E-state index contributed by atoms with van der Waals surface area (Å²) in [7, 11) is 0. The summed E-state index contributed by atoms with van der Waals surface area (Å²) in [6.07, 6.45) is 7.59. The maximum atomic E-state index is 10.4. The maximum Gasteiger partial charge on any atom is 0.307 e. The molecule has 0 aliphatic heterocycles. The first-order chi connectivity index (χ1) is 4.79. The fraction of sp³-hybridized carbons (Fsp3) is 0.375. The van der Waals surface area contributed by atoms with Crippen molar-refractivity contribution < 1.29 is 9.53 Å². The third kappa shape index (κ3) is 2.05. The van der Waals surface area contributed by atoms with Crippen LogP contribution in [-0.4, -0.2) is 5.97 Å². The lowest BCUT2D eigenvalue weighted by molar-refractivity contribution is -0.137. The van der Waals surface area contributed by atoms with E-state index in [2.05, 4.69) is 0 Å². The molecule has 2 nitrogen and oxygen atoms in total. The Hall–Kier alpha value is -1.05. The van der Waals surface area contributed by atoms with Crippen LogP contribution in [0.2, 0.25) is 0 Å². The quantitative estimate of drug-likeness (QED) is 0.516. The molecule has 0 spiro atoms. The summed E-state index contributed by atoms with van der Waals surface area (Å²) in [4.78, 5) is 10.4. The maximum absolute atomic E-state index is 10.4. The topological polar surface area (TPSA) is 26.3 Å². The molecule has 1 aliphatic carbocycles. The molecule has 0 amide bonds. The van der Waals surface area contributed by atoms with Crippen LogP contribution in [0.1, 0.15) is 19.8 Å². The SMILES string of the molecule is CC(=O)OC1=CC=CCC1. The fourth-order valence-corrected chi connectivity index (χ4v) is 0.850. The van der Waals surface area contributed by atoms with Crippen LogP contribution < -0.4 is 0 Å². The molecule has 0 aromatic rings. The minimum absolute atomic E-state index is 0.235. The normalized spacial score (nSPS) is 16.3. The van der Waals surface area contributed by atoms with Crippen molar-refractivity contribution in [3.63, 3.8) is 0 Å². The van der Waals surface area contributed by atoms with Crippen LogP contribution in [0.3, 0.4) is 0 Å². The Morgan fingerprint density at radius 2 is 2.50 bits per heavy atom. The third-order valence-electron chi connectivity index (χ3n) is 1.25. The van der Waals surface area contributed by atoms with Crippen LogP contribution in [0, 0.1) is 0 Å². The van der Waals surface area contributed by atoms with E-state index in [4.69, 9.17) is 4.74 Å². The Bertz CT molecular complexity index is 189. The van der Waals surface area contributed by atoms with Gasteiger partial charge in [0, 0.05) is 13.3 Å². The van der Waals surface area contributed by atoms with E-state index in [0.717, 1.165) is 18.6 Å². The Morgan fingerprint density at radius 3 is 3.00 bits per heavy atom. The first-order valence-electron chi connectivity index (χ1n) is 3.33.